The number of rotatable bonds is 3. The highest BCUT2D eigenvalue weighted by molar-refractivity contribution is 8.13. The van der Waals surface area contributed by atoms with E-state index in [1.807, 2.05) is 0 Å². The molecule has 0 bridgehead atoms. The van der Waals surface area contributed by atoms with Gasteiger partial charge < -0.3 is 4.90 Å². The maximum Gasteiger partial charge on any atom is 0.261 e. The number of carbonyl (C=O) groups excluding carboxylic acids is 1. The Morgan fingerprint density at radius 2 is 2.10 bits per heavy atom. The molecule has 1 aromatic carbocycles. The molecule has 0 N–H and O–H groups in total. The Morgan fingerprint density at radius 3 is 2.57 bits per heavy atom. The molecular formula is C14H17ClFNO3S. The van der Waals surface area contributed by atoms with Gasteiger partial charge in [0.1, 0.15) is 5.82 Å². The first kappa shape index (κ1) is 16.2. The summed E-state index contributed by atoms with van der Waals surface area (Å²) in [5.74, 6) is -0.389. The van der Waals surface area contributed by atoms with E-state index in [-0.39, 0.29) is 10.5 Å². The molecule has 1 atom stereocenters. The van der Waals surface area contributed by atoms with Crippen molar-refractivity contribution in [2.75, 3.05) is 13.1 Å². The first-order chi connectivity index (χ1) is 9.70. The third-order valence-corrected chi connectivity index (χ3v) is 5.26. The summed E-state index contributed by atoms with van der Waals surface area (Å²) >= 11 is 0. The van der Waals surface area contributed by atoms with Gasteiger partial charge in [0.2, 0.25) is 0 Å². The van der Waals surface area contributed by atoms with Gasteiger partial charge in [0.15, 0.2) is 0 Å². The third-order valence-electron chi connectivity index (χ3n) is 3.91. The molecule has 1 saturated heterocycles. The lowest BCUT2D eigenvalue weighted by atomic mass is 9.95. The van der Waals surface area contributed by atoms with Crippen molar-refractivity contribution in [1.82, 2.24) is 4.90 Å². The quantitative estimate of drug-likeness (QED) is 0.799. The molecule has 0 saturated carbocycles. The lowest BCUT2D eigenvalue weighted by Gasteiger charge is -2.18. The number of benzene rings is 1. The lowest BCUT2D eigenvalue weighted by Crippen LogP contribution is -2.30. The number of amides is 1. The van der Waals surface area contributed by atoms with E-state index in [0.717, 1.165) is 18.6 Å². The van der Waals surface area contributed by atoms with Crippen LogP contribution in [0.2, 0.25) is 0 Å². The average Bonchev–Trinajstić information content (AvgIpc) is 2.86. The van der Waals surface area contributed by atoms with E-state index in [9.17, 15) is 17.6 Å². The molecule has 0 radical (unpaired) electrons. The molecule has 4 nitrogen and oxygen atoms in total. The Hall–Kier alpha value is -1.14. The number of hydrogen-bond acceptors (Lipinski definition) is 3. The molecule has 0 aromatic heterocycles. The van der Waals surface area contributed by atoms with Crippen LogP contribution in [0.3, 0.4) is 0 Å². The predicted octanol–water partition coefficient (Wildman–Crippen LogP) is 2.87. The Labute approximate surface area is 128 Å². The summed E-state index contributed by atoms with van der Waals surface area (Å²) in [5, 5.41) is 0. The highest BCUT2D eigenvalue weighted by Crippen LogP contribution is 2.26. The zero-order valence-electron chi connectivity index (χ0n) is 11.8. The van der Waals surface area contributed by atoms with E-state index in [1.54, 1.807) is 4.90 Å². The molecule has 1 fully saturated rings. The predicted molar refractivity (Wildman–Crippen MR) is 78.3 cm³/mol. The van der Waals surface area contributed by atoms with Crippen molar-refractivity contribution in [3.8, 4) is 0 Å². The van der Waals surface area contributed by atoms with Crippen LogP contribution in [0, 0.1) is 17.7 Å². The Balaban J connectivity index is 2.21. The molecule has 0 aliphatic carbocycles. The van der Waals surface area contributed by atoms with Crippen molar-refractivity contribution in [2.45, 2.75) is 25.2 Å². The zero-order chi connectivity index (χ0) is 15.8. The van der Waals surface area contributed by atoms with Crippen LogP contribution in [0.5, 0.6) is 0 Å². The van der Waals surface area contributed by atoms with Crippen LogP contribution in [-0.4, -0.2) is 32.3 Å². The first-order valence-corrected chi connectivity index (χ1v) is 9.04. The van der Waals surface area contributed by atoms with Crippen LogP contribution in [0.25, 0.3) is 0 Å². The van der Waals surface area contributed by atoms with Gasteiger partial charge in [0.25, 0.3) is 15.0 Å². The summed E-state index contributed by atoms with van der Waals surface area (Å²) in [4.78, 5) is 13.6. The van der Waals surface area contributed by atoms with Gasteiger partial charge in [-0.05, 0) is 36.5 Å². The van der Waals surface area contributed by atoms with Gasteiger partial charge in [-0.3, -0.25) is 4.79 Å². The van der Waals surface area contributed by atoms with E-state index in [4.69, 9.17) is 10.7 Å². The van der Waals surface area contributed by atoms with Gasteiger partial charge in [0.05, 0.1) is 10.5 Å². The summed E-state index contributed by atoms with van der Waals surface area (Å²) < 4.78 is 36.3. The molecule has 1 heterocycles. The second-order valence-electron chi connectivity index (χ2n) is 5.62. The van der Waals surface area contributed by atoms with Crippen molar-refractivity contribution in [3.05, 3.63) is 29.6 Å². The smallest absolute Gasteiger partial charge is 0.261 e. The van der Waals surface area contributed by atoms with Crippen molar-refractivity contribution in [2.24, 2.45) is 11.8 Å². The molecule has 0 spiro atoms. The Bertz CT molecular complexity index is 660. The van der Waals surface area contributed by atoms with Crippen LogP contribution in [-0.2, 0) is 9.05 Å². The Morgan fingerprint density at radius 1 is 1.43 bits per heavy atom. The van der Waals surface area contributed by atoms with Crippen molar-refractivity contribution in [3.63, 3.8) is 0 Å². The van der Waals surface area contributed by atoms with E-state index in [0.29, 0.717) is 24.9 Å². The minimum atomic E-state index is -4.00. The van der Waals surface area contributed by atoms with Gasteiger partial charge in [0, 0.05) is 23.8 Å². The molecule has 21 heavy (non-hydrogen) atoms. The molecule has 1 aliphatic heterocycles. The fraction of sp³-hybridized carbons (Fsp3) is 0.500. The van der Waals surface area contributed by atoms with E-state index >= 15 is 0 Å². The SMILES string of the molecule is CC(C)C1CCN(C(=O)c2ccc(S(=O)(=O)Cl)cc2F)C1. The number of nitrogens with zero attached hydrogens (tertiary/aromatic N) is 1. The number of hydrogen-bond donors (Lipinski definition) is 0. The first-order valence-electron chi connectivity index (χ1n) is 6.73. The van der Waals surface area contributed by atoms with E-state index in [1.165, 1.54) is 6.07 Å². The molecular weight excluding hydrogens is 317 g/mol. The highest BCUT2D eigenvalue weighted by Gasteiger charge is 2.30. The van der Waals surface area contributed by atoms with Crippen LogP contribution in [0.1, 0.15) is 30.6 Å². The summed E-state index contributed by atoms with van der Waals surface area (Å²) in [6.45, 7) is 5.39. The van der Waals surface area contributed by atoms with Gasteiger partial charge in [-0.15, -0.1) is 0 Å². The molecule has 1 aromatic rings. The molecule has 1 amide bonds. The van der Waals surface area contributed by atoms with E-state index in [2.05, 4.69) is 13.8 Å². The number of likely N-dealkylation sites (tertiary alicyclic amines) is 1. The summed E-state index contributed by atoms with van der Waals surface area (Å²) in [5.41, 5.74) is -0.122. The second kappa shape index (κ2) is 5.93. The topological polar surface area (TPSA) is 54.5 Å². The fourth-order valence-corrected chi connectivity index (χ4v) is 3.27. The van der Waals surface area contributed by atoms with Gasteiger partial charge in [-0.25, -0.2) is 12.8 Å². The minimum Gasteiger partial charge on any atom is -0.338 e. The Kier molecular flexibility index (Phi) is 4.58. The monoisotopic (exact) mass is 333 g/mol. The minimum absolute atomic E-state index is 0.122. The molecule has 1 aliphatic rings. The van der Waals surface area contributed by atoms with Gasteiger partial charge >= 0.3 is 0 Å². The standard InChI is InChI=1S/C14H17ClFNO3S/c1-9(2)10-5-6-17(8-10)14(18)12-4-3-11(7-13(12)16)21(15,19)20/h3-4,7,9-10H,5-6,8H2,1-2H3. The normalized spacial score (nSPS) is 19.3. The molecule has 2 rings (SSSR count). The molecule has 7 heteroatoms. The van der Waals surface area contributed by atoms with Crippen molar-refractivity contribution >= 4 is 25.6 Å². The molecule has 1 unspecified atom stereocenters. The van der Waals surface area contributed by atoms with Gasteiger partial charge in [-0.2, -0.15) is 0 Å². The van der Waals surface area contributed by atoms with Crippen LogP contribution < -0.4 is 0 Å². The second-order valence-corrected chi connectivity index (χ2v) is 8.19. The summed E-state index contributed by atoms with van der Waals surface area (Å²) in [7, 11) is 1.15. The van der Waals surface area contributed by atoms with Crippen molar-refractivity contribution < 1.29 is 17.6 Å². The number of halogens is 2. The number of carbonyl (C=O) groups is 1. The zero-order valence-corrected chi connectivity index (χ0v) is 13.4. The fourth-order valence-electron chi connectivity index (χ4n) is 2.51. The maximum absolute atomic E-state index is 14.0. The van der Waals surface area contributed by atoms with Crippen molar-refractivity contribution in [1.29, 1.82) is 0 Å². The van der Waals surface area contributed by atoms with Crippen LogP contribution in [0.4, 0.5) is 4.39 Å². The molecule has 116 valence electrons. The average molecular weight is 334 g/mol. The van der Waals surface area contributed by atoms with E-state index < -0.39 is 20.8 Å². The highest BCUT2D eigenvalue weighted by atomic mass is 35.7. The lowest BCUT2D eigenvalue weighted by molar-refractivity contribution is 0.0779. The third kappa shape index (κ3) is 3.55. The van der Waals surface area contributed by atoms with Gasteiger partial charge in [-0.1, -0.05) is 13.8 Å². The van der Waals surface area contributed by atoms with Crippen LogP contribution >= 0.6 is 10.7 Å². The summed E-state index contributed by atoms with van der Waals surface area (Å²) in [6.07, 6.45) is 0.902. The largest absolute Gasteiger partial charge is 0.338 e. The van der Waals surface area contributed by atoms with Crippen LogP contribution in [0.15, 0.2) is 23.1 Å². The summed E-state index contributed by atoms with van der Waals surface area (Å²) in [6, 6.07) is 3.11. The maximum atomic E-state index is 14.0.